The molecule has 0 saturated carbocycles. The van der Waals surface area contributed by atoms with Gasteiger partial charge in [-0.25, -0.2) is 4.39 Å². The van der Waals surface area contributed by atoms with Crippen molar-refractivity contribution in [1.29, 1.82) is 0 Å². The van der Waals surface area contributed by atoms with Crippen molar-refractivity contribution >= 4 is 28.9 Å². The van der Waals surface area contributed by atoms with Crippen LogP contribution in [0, 0.1) is 15.9 Å². The zero-order valence-electron chi connectivity index (χ0n) is 20.2. The van der Waals surface area contributed by atoms with Gasteiger partial charge in [-0.2, -0.15) is 0 Å². The summed E-state index contributed by atoms with van der Waals surface area (Å²) in [5.41, 5.74) is 0.455. The van der Waals surface area contributed by atoms with Crippen LogP contribution in [0.25, 0.3) is 0 Å². The molecule has 2 aromatic rings. The van der Waals surface area contributed by atoms with E-state index < -0.39 is 4.92 Å². The van der Waals surface area contributed by atoms with Crippen molar-refractivity contribution in [3.63, 3.8) is 0 Å². The normalized spacial score (nSPS) is 16.7. The lowest BCUT2D eigenvalue weighted by atomic mass is 10.1. The predicted octanol–water partition coefficient (Wildman–Crippen LogP) is 4.61. The van der Waals surface area contributed by atoms with Crippen LogP contribution in [0.4, 0.5) is 15.8 Å². The number of amides is 1. The summed E-state index contributed by atoms with van der Waals surface area (Å²) in [7, 11) is 1.38. The minimum absolute atomic E-state index is 0. The van der Waals surface area contributed by atoms with Crippen LogP contribution in [-0.2, 0) is 4.79 Å². The molecule has 2 fully saturated rings. The van der Waals surface area contributed by atoms with Gasteiger partial charge in [-0.3, -0.25) is 19.8 Å². The molecular formula is C26H34ClFN4O5. The molecule has 2 heterocycles. The standard InChI is InChI=1S/C25H30ClFN4O5.CH4/c1-35-24-17-20(3-5-23(24)31(33)34)36-19-6-10-30(11-7-19)25(32)8-9-28-12-14-29(15-13-28)22-4-2-18(26)16-21(22)27;/h2-5,16-17,19H,6-15H2,1H3;1H4. The number of anilines is 1. The quantitative estimate of drug-likeness (QED) is 0.359. The van der Waals surface area contributed by atoms with Crippen molar-refractivity contribution in [3.8, 4) is 11.5 Å². The summed E-state index contributed by atoms with van der Waals surface area (Å²) in [4.78, 5) is 29.4. The molecule has 0 spiro atoms. The molecule has 4 rings (SSSR count). The number of ether oxygens (including phenoxy) is 2. The summed E-state index contributed by atoms with van der Waals surface area (Å²) in [6, 6.07) is 9.21. The van der Waals surface area contributed by atoms with Gasteiger partial charge in [0.2, 0.25) is 11.7 Å². The number of carbonyl (C=O) groups is 1. The van der Waals surface area contributed by atoms with Crippen LogP contribution in [0.1, 0.15) is 26.7 Å². The summed E-state index contributed by atoms with van der Waals surface area (Å²) < 4.78 is 25.3. The van der Waals surface area contributed by atoms with E-state index in [9.17, 15) is 19.3 Å². The minimum Gasteiger partial charge on any atom is -0.490 e. The van der Waals surface area contributed by atoms with Gasteiger partial charge in [0, 0.05) is 82.2 Å². The molecule has 2 saturated heterocycles. The zero-order chi connectivity index (χ0) is 25.7. The van der Waals surface area contributed by atoms with Gasteiger partial charge in [-0.05, 0) is 24.3 Å². The van der Waals surface area contributed by atoms with Crippen LogP contribution < -0.4 is 14.4 Å². The van der Waals surface area contributed by atoms with Crippen molar-refractivity contribution in [2.24, 2.45) is 0 Å². The third-order valence-electron chi connectivity index (χ3n) is 6.71. The Morgan fingerprint density at radius 1 is 1.11 bits per heavy atom. The SMILES string of the molecule is C.COc1cc(OC2CCN(C(=O)CCN3CCN(c4ccc(Cl)cc4F)CC3)CC2)ccc1[N+](=O)[O-]. The third kappa shape index (κ3) is 7.23. The van der Waals surface area contributed by atoms with E-state index >= 15 is 0 Å². The van der Waals surface area contributed by atoms with E-state index in [2.05, 4.69) is 4.90 Å². The number of nitrogens with zero attached hydrogens (tertiary/aromatic N) is 4. The Morgan fingerprint density at radius 2 is 1.81 bits per heavy atom. The van der Waals surface area contributed by atoms with Crippen molar-refractivity contribution in [1.82, 2.24) is 9.80 Å². The number of nitro benzene ring substituents is 1. The van der Waals surface area contributed by atoms with Gasteiger partial charge in [0.05, 0.1) is 17.7 Å². The van der Waals surface area contributed by atoms with E-state index in [0.717, 1.165) is 13.1 Å². The first-order valence-electron chi connectivity index (χ1n) is 12.0. The highest BCUT2D eigenvalue weighted by atomic mass is 35.5. The first-order valence-corrected chi connectivity index (χ1v) is 12.4. The van der Waals surface area contributed by atoms with Crippen molar-refractivity contribution in [2.45, 2.75) is 32.8 Å². The van der Waals surface area contributed by atoms with Crippen LogP contribution in [0.3, 0.4) is 0 Å². The van der Waals surface area contributed by atoms with Crippen LogP contribution in [0.5, 0.6) is 11.5 Å². The molecule has 1 amide bonds. The largest absolute Gasteiger partial charge is 0.490 e. The van der Waals surface area contributed by atoms with Gasteiger partial charge in [0.25, 0.3) is 0 Å². The molecule has 9 nitrogen and oxygen atoms in total. The number of halogens is 2. The molecule has 2 aliphatic heterocycles. The Bertz CT molecular complexity index is 1090. The molecule has 0 bridgehead atoms. The number of piperidine rings is 1. The summed E-state index contributed by atoms with van der Waals surface area (Å²) in [5.74, 6) is 0.479. The Morgan fingerprint density at radius 3 is 2.43 bits per heavy atom. The first-order chi connectivity index (χ1) is 17.3. The molecule has 0 aromatic heterocycles. The summed E-state index contributed by atoms with van der Waals surface area (Å²) in [5, 5.41) is 11.4. The van der Waals surface area contributed by atoms with E-state index in [0.29, 0.717) is 68.4 Å². The van der Waals surface area contributed by atoms with Crippen molar-refractivity contribution < 1.29 is 23.6 Å². The average molecular weight is 537 g/mol. The minimum atomic E-state index is -0.494. The molecule has 0 radical (unpaired) electrons. The second-order valence-corrected chi connectivity index (χ2v) is 9.40. The molecular weight excluding hydrogens is 503 g/mol. The number of methoxy groups -OCH3 is 1. The molecule has 0 aliphatic carbocycles. The highest BCUT2D eigenvalue weighted by molar-refractivity contribution is 6.30. The van der Waals surface area contributed by atoms with Gasteiger partial charge >= 0.3 is 5.69 Å². The van der Waals surface area contributed by atoms with Gasteiger partial charge < -0.3 is 19.3 Å². The summed E-state index contributed by atoms with van der Waals surface area (Å²) in [6.45, 7) is 4.82. The lowest BCUT2D eigenvalue weighted by molar-refractivity contribution is -0.385. The summed E-state index contributed by atoms with van der Waals surface area (Å²) in [6.07, 6.45) is 1.76. The first kappa shape index (κ1) is 28.5. The molecule has 0 N–H and O–H groups in total. The van der Waals surface area contributed by atoms with Crippen LogP contribution in [-0.4, -0.2) is 79.7 Å². The third-order valence-corrected chi connectivity index (χ3v) is 6.95. The zero-order valence-corrected chi connectivity index (χ0v) is 21.0. The monoisotopic (exact) mass is 536 g/mol. The smallest absolute Gasteiger partial charge is 0.311 e. The maximum absolute atomic E-state index is 14.2. The molecule has 0 atom stereocenters. The highest BCUT2D eigenvalue weighted by Gasteiger charge is 2.26. The topological polar surface area (TPSA) is 88.4 Å². The van der Waals surface area contributed by atoms with Crippen LogP contribution in [0.2, 0.25) is 5.02 Å². The molecule has 202 valence electrons. The molecule has 37 heavy (non-hydrogen) atoms. The van der Waals surface area contributed by atoms with E-state index in [1.54, 1.807) is 18.2 Å². The fraction of sp³-hybridized carbons (Fsp3) is 0.500. The van der Waals surface area contributed by atoms with E-state index in [-0.39, 0.29) is 36.7 Å². The average Bonchev–Trinajstić information content (AvgIpc) is 2.88. The van der Waals surface area contributed by atoms with Gasteiger partial charge in [0.15, 0.2) is 0 Å². The number of carbonyl (C=O) groups excluding carboxylic acids is 1. The number of hydrogen-bond acceptors (Lipinski definition) is 7. The number of nitro groups is 1. The number of rotatable bonds is 8. The maximum atomic E-state index is 14.2. The Balaban J connectivity index is 0.00000380. The fourth-order valence-corrected chi connectivity index (χ4v) is 4.82. The fourth-order valence-electron chi connectivity index (χ4n) is 4.66. The van der Waals surface area contributed by atoms with Crippen molar-refractivity contribution in [2.75, 3.05) is 57.8 Å². The summed E-state index contributed by atoms with van der Waals surface area (Å²) >= 11 is 5.85. The number of piperazine rings is 1. The highest BCUT2D eigenvalue weighted by Crippen LogP contribution is 2.32. The van der Waals surface area contributed by atoms with Crippen molar-refractivity contribution in [3.05, 3.63) is 57.4 Å². The predicted molar refractivity (Wildman–Crippen MR) is 141 cm³/mol. The van der Waals surface area contributed by atoms with Crippen LogP contribution in [0.15, 0.2) is 36.4 Å². The lowest BCUT2D eigenvalue weighted by Crippen LogP contribution is -2.48. The van der Waals surface area contributed by atoms with Crippen LogP contribution >= 0.6 is 11.6 Å². The Labute approximate surface area is 221 Å². The number of benzene rings is 2. The number of hydrogen-bond donors (Lipinski definition) is 0. The van der Waals surface area contributed by atoms with Gasteiger partial charge in [0.1, 0.15) is 17.7 Å². The second kappa shape index (κ2) is 12.9. The van der Waals surface area contributed by atoms with E-state index in [1.807, 2.05) is 9.80 Å². The molecule has 2 aliphatic rings. The molecule has 2 aromatic carbocycles. The van der Waals surface area contributed by atoms with E-state index in [1.165, 1.54) is 25.3 Å². The Kier molecular flexibility index (Phi) is 9.93. The van der Waals surface area contributed by atoms with Gasteiger partial charge in [-0.1, -0.05) is 19.0 Å². The second-order valence-electron chi connectivity index (χ2n) is 8.96. The molecule has 0 unspecified atom stereocenters. The van der Waals surface area contributed by atoms with E-state index in [4.69, 9.17) is 21.1 Å². The maximum Gasteiger partial charge on any atom is 0.311 e. The lowest BCUT2D eigenvalue weighted by Gasteiger charge is -2.37. The number of likely N-dealkylation sites (tertiary alicyclic amines) is 1. The Hall–Kier alpha value is -3.11. The molecule has 11 heteroatoms. The van der Waals surface area contributed by atoms with Gasteiger partial charge in [-0.15, -0.1) is 0 Å².